The van der Waals surface area contributed by atoms with Crippen LogP contribution in [0.4, 0.5) is 17.1 Å². The van der Waals surface area contributed by atoms with Gasteiger partial charge in [0.05, 0.1) is 5.69 Å². The maximum absolute atomic E-state index is 6.76. The molecule has 3 heteroatoms. The van der Waals surface area contributed by atoms with Gasteiger partial charge in [-0.3, -0.25) is 0 Å². The van der Waals surface area contributed by atoms with Gasteiger partial charge in [-0.1, -0.05) is 146 Å². The summed E-state index contributed by atoms with van der Waals surface area (Å²) in [6.07, 6.45) is 0. The van der Waals surface area contributed by atoms with Crippen LogP contribution < -0.4 is 4.90 Å². The monoisotopic (exact) mass is 664 g/mol. The average Bonchev–Trinajstić information content (AvgIpc) is 3.68. The smallest absolute Gasteiger partial charge is 0.227 e. The third-order valence-electron chi connectivity index (χ3n) is 10.0. The number of nitrogens with zero attached hydrogens (tertiary/aromatic N) is 2. The van der Waals surface area contributed by atoms with Crippen LogP contribution in [0.5, 0.6) is 0 Å². The molecule has 0 spiro atoms. The molecule has 0 saturated heterocycles. The third-order valence-corrected chi connectivity index (χ3v) is 10.0. The topological polar surface area (TPSA) is 29.3 Å². The molecule has 1 heterocycles. The molecule has 0 atom stereocenters. The van der Waals surface area contributed by atoms with Crippen molar-refractivity contribution in [3.63, 3.8) is 0 Å². The maximum Gasteiger partial charge on any atom is 0.227 e. The number of hydrogen-bond donors (Lipinski definition) is 0. The van der Waals surface area contributed by atoms with Crippen LogP contribution in [0.2, 0.25) is 0 Å². The molecule has 0 aliphatic heterocycles. The van der Waals surface area contributed by atoms with E-state index in [2.05, 4.69) is 169 Å². The van der Waals surface area contributed by atoms with Crippen LogP contribution in [0, 0.1) is 0 Å². The van der Waals surface area contributed by atoms with Crippen molar-refractivity contribution in [2.24, 2.45) is 0 Å². The highest BCUT2D eigenvalue weighted by atomic mass is 16.3. The van der Waals surface area contributed by atoms with Crippen molar-refractivity contribution in [3.8, 4) is 33.7 Å². The number of fused-ring (bicyclic) bond motifs is 6. The number of benzene rings is 9. The van der Waals surface area contributed by atoms with E-state index in [0.29, 0.717) is 5.89 Å². The number of oxazole rings is 1. The molecular formula is C49H32N2O. The zero-order valence-corrected chi connectivity index (χ0v) is 28.3. The molecule has 0 N–H and O–H groups in total. The predicted molar refractivity (Wildman–Crippen MR) is 218 cm³/mol. The van der Waals surface area contributed by atoms with Crippen LogP contribution in [0.1, 0.15) is 0 Å². The van der Waals surface area contributed by atoms with Gasteiger partial charge >= 0.3 is 0 Å². The largest absolute Gasteiger partial charge is 0.434 e. The second kappa shape index (κ2) is 12.4. The second-order valence-corrected chi connectivity index (χ2v) is 13.2. The molecule has 1 aromatic heterocycles. The lowest BCUT2D eigenvalue weighted by Gasteiger charge is -2.26. The molecular weight excluding hydrogens is 633 g/mol. The van der Waals surface area contributed by atoms with Gasteiger partial charge in [0.25, 0.3) is 0 Å². The Kier molecular flexibility index (Phi) is 7.14. The van der Waals surface area contributed by atoms with E-state index in [-0.39, 0.29) is 0 Å². The van der Waals surface area contributed by atoms with Crippen molar-refractivity contribution in [3.05, 3.63) is 194 Å². The van der Waals surface area contributed by atoms with E-state index in [1.165, 1.54) is 32.7 Å². The van der Waals surface area contributed by atoms with E-state index in [0.717, 1.165) is 55.6 Å². The molecule has 0 radical (unpaired) electrons. The third kappa shape index (κ3) is 5.10. The minimum Gasteiger partial charge on any atom is -0.434 e. The van der Waals surface area contributed by atoms with Crippen LogP contribution in [0.3, 0.4) is 0 Å². The molecule has 244 valence electrons. The Bertz CT molecular complexity index is 2890. The lowest BCUT2D eigenvalue weighted by Crippen LogP contribution is -2.10. The normalized spacial score (nSPS) is 11.5. The first-order valence-corrected chi connectivity index (χ1v) is 17.6. The van der Waals surface area contributed by atoms with Crippen molar-refractivity contribution >= 4 is 60.5 Å². The molecule has 0 aliphatic rings. The van der Waals surface area contributed by atoms with Gasteiger partial charge in [0.15, 0.2) is 5.58 Å². The van der Waals surface area contributed by atoms with Crippen molar-refractivity contribution in [2.75, 3.05) is 4.90 Å². The lowest BCUT2D eigenvalue weighted by atomic mass is 9.93. The molecule has 10 rings (SSSR count). The highest BCUT2D eigenvalue weighted by molar-refractivity contribution is 6.14. The summed E-state index contributed by atoms with van der Waals surface area (Å²) >= 11 is 0. The molecule has 0 unspecified atom stereocenters. The van der Waals surface area contributed by atoms with Gasteiger partial charge in [-0.2, -0.15) is 0 Å². The van der Waals surface area contributed by atoms with Gasteiger partial charge in [-0.15, -0.1) is 0 Å². The van der Waals surface area contributed by atoms with Gasteiger partial charge in [-0.05, 0) is 97.7 Å². The predicted octanol–water partition coefficient (Wildman–Crippen LogP) is 13.8. The lowest BCUT2D eigenvalue weighted by molar-refractivity contribution is 0.620. The molecule has 0 saturated carbocycles. The zero-order chi connectivity index (χ0) is 34.4. The van der Waals surface area contributed by atoms with Crippen LogP contribution in [0.25, 0.3) is 77.1 Å². The molecule has 52 heavy (non-hydrogen) atoms. The van der Waals surface area contributed by atoms with E-state index in [4.69, 9.17) is 9.40 Å². The van der Waals surface area contributed by atoms with Crippen LogP contribution in [-0.2, 0) is 0 Å². The number of anilines is 3. The van der Waals surface area contributed by atoms with Gasteiger partial charge < -0.3 is 9.32 Å². The minimum atomic E-state index is 0.602. The average molecular weight is 665 g/mol. The summed E-state index contributed by atoms with van der Waals surface area (Å²) in [5, 5.41) is 7.16. The van der Waals surface area contributed by atoms with Gasteiger partial charge in [-0.25, -0.2) is 4.98 Å². The highest BCUT2D eigenvalue weighted by Crippen LogP contribution is 2.45. The Hall–Kier alpha value is -6.97. The minimum absolute atomic E-state index is 0.602. The molecule has 0 fully saturated rings. The molecule has 10 aromatic rings. The van der Waals surface area contributed by atoms with Gasteiger partial charge in [0.2, 0.25) is 5.89 Å². The van der Waals surface area contributed by atoms with Crippen molar-refractivity contribution < 1.29 is 4.42 Å². The summed E-state index contributed by atoms with van der Waals surface area (Å²) in [5.41, 5.74) is 10.2. The first-order chi connectivity index (χ1) is 25.8. The number of aromatic nitrogens is 1. The fourth-order valence-electron chi connectivity index (χ4n) is 7.56. The molecule has 0 bridgehead atoms. The van der Waals surface area contributed by atoms with Crippen molar-refractivity contribution in [1.29, 1.82) is 0 Å². The molecule has 9 aromatic carbocycles. The standard InChI is InChI=1S/C49H32N2O/c1-3-14-33(15-4-1)36-20-13-21-40(30-36)51(46-32-38-19-8-10-23-42(38)47-48(46)52-49(50-47)35-16-5-2-6-17-35)39-28-26-34(27-29-39)45-31-37-18-7-9-22-41(37)43-24-11-12-25-44(43)45/h1-32H. The van der Waals surface area contributed by atoms with E-state index in [1.54, 1.807) is 0 Å². The maximum atomic E-state index is 6.76. The summed E-state index contributed by atoms with van der Waals surface area (Å²) in [4.78, 5) is 7.43. The Morgan fingerprint density at radius 3 is 1.73 bits per heavy atom. The van der Waals surface area contributed by atoms with Gasteiger partial charge in [0, 0.05) is 22.3 Å². The highest BCUT2D eigenvalue weighted by Gasteiger charge is 2.23. The summed E-state index contributed by atoms with van der Waals surface area (Å²) < 4.78 is 6.76. The van der Waals surface area contributed by atoms with Crippen LogP contribution in [0.15, 0.2) is 199 Å². The fourth-order valence-corrected chi connectivity index (χ4v) is 7.56. The van der Waals surface area contributed by atoms with E-state index < -0.39 is 0 Å². The van der Waals surface area contributed by atoms with E-state index in [9.17, 15) is 0 Å². The SMILES string of the molecule is c1ccc(-c2cccc(N(c3ccc(-c4cc5ccccc5c5ccccc45)cc3)c3cc4ccccc4c4nc(-c5ccccc5)oc34)c2)cc1. The quantitative estimate of drug-likeness (QED) is 0.166. The Morgan fingerprint density at radius 2 is 0.981 bits per heavy atom. The Morgan fingerprint density at radius 1 is 0.385 bits per heavy atom. The fraction of sp³-hybridized carbons (Fsp3) is 0. The van der Waals surface area contributed by atoms with Crippen molar-refractivity contribution in [2.45, 2.75) is 0 Å². The molecule has 3 nitrogen and oxygen atoms in total. The first kappa shape index (κ1) is 29.9. The van der Waals surface area contributed by atoms with Crippen LogP contribution >= 0.6 is 0 Å². The zero-order valence-electron chi connectivity index (χ0n) is 28.3. The van der Waals surface area contributed by atoms with Crippen molar-refractivity contribution in [1.82, 2.24) is 4.98 Å². The summed E-state index contributed by atoms with van der Waals surface area (Å²) in [7, 11) is 0. The second-order valence-electron chi connectivity index (χ2n) is 13.2. The summed E-state index contributed by atoms with van der Waals surface area (Å²) in [6, 6.07) is 68.7. The molecule has 0 amide bonds. The Balaban J connectivity index is 1.20. The summed E-state index contributed by atoms with van der Waals surface area (Å²) in [6.45, 7) is 0. The van der Waals surface area contributed by atoms with Gasteiger partial charge in [0.1, 0.15) is 5.52 Å². The number of hydrogen-bond acceptors (Lipinski definition) is 3. The summed E-state index contributed by atoms with van der Waals surface area (Å²) in [5.74, 6) is 0.602. The number of rotatable bonds is 6. The Labute approximate surface area is 301 Å². The molecule has 0 aliphatic carbocycles. The van der Waals surface area contributed by atoms with E-state index in [1.807, 2.05) is 30.3 Å². The first-order valence-electron chi connectivity index (χ1n) is 17.6. The van der Waals surface area contributed by atoms with E-state index >= 15 is 0 Å². The van der Waals surface area contributed by atoms with Crippen LogP contribution in [-0.4, -0.2) is 4.98 Å².